The molecule has 0 amide bonds. The highest BCUT2D eigenvalue weighted by Crippen LogP contribution is 2.64. The number of pyridine rings is 2. The van der Waals surface area contributed by atoms with Crippen molar-refractivity contribution in [2.75, 3.05) is 0 Å². The molecule has 6 fully saturated rings. The number of nitrogens with zero attached hydrogens (tertiary/aromatic N) is 2. The molecule has 6 atom stereocenters. The predicted octanol–water partition coefficient (Wildman–Crippen LogP) is 4.51. The summed E-state index contributed by atoms with van der Waals surface area (Å²) in [4.78, 5) is 30.4. The van der Waals surface area contributed by atoms with Crippen molar-refractivity contribution in [3.8, 4) is 0 Å². The Hall–Kier alpha value is -2.18. The number of carboxylic acid groups (broad SMARTS) is 2. The zero-order valence-corrected chi connectivity index (χ0v) is 19.2. The first-order valence-corrected chi connectivity index (χ1v) is 10.7. The van der Waals surface area contributed by atoms with Crippen LogP contribution in [0.2, 0.25) is 0 Å². The van der Waals surface area contributed by atoms with E-state index in [-0.39, 0.29) is 47.5 Å². The van der Waals surface area contributed by atoms with Gasteiger partial charge in [0.05, 0.1) is 11.8 Å². The Labute approximate surface area is 199 Å². The molecular formula is C24H28Cl2N2O4. The average molecular weight is 479 g/mol. The third-order valence-electron chi connectivity index (χ3n) is 8.35. The van der Waals surface area contributed by atoms with Crippen LogP contribution in [-0.2, 0) is 20.4 Å². The highest BCUT2D eigenvalue weighted by atomic mass is 35.5. The summed E-state index contributed by atoms with van der Waals surface area (Å²) in [6.07, 6.45) is 13.3. The fraction of sp³-hybridized carbons (Fsp3) is 0.500. The van der Waals surface area contributed by atoms with Crippen molar-refractivity contribution >= 4 is 36.8 Å². The molecule has 32 heavy (non-hydrogen) atoms. The van der Waals surface area contributed by atoms with E-state index in [1.54, 1.807) is 24.8 Å². The van der Waals surface area contributed by atoms with E-state index in [1.165, 1.54) is 11.1 Å². The Morgan fingerprint density at radius 1 is 0.719 bits per heavy atom. The molecule has 8 rings (SSSR count). The Morgan fingerprint density at radius 3 is 1.34 bits per heavy atom. The van der Waals surface area contributed by atoms with Crippen LogP contribution >= 0.6 is 24.8 Å². The Morgan fingerprint density at radius 2 is 1.06 bits per heavy atom. The molecule has 0 spiro atoms. The van der Waals surface area contributed by atoms with Crippen LogP contribution in [-0.4, -0.2) is 32.1 Å². The first kappa shape index (κ1) is 24.5. The average Bonchev–Trinajstić information content (AvgIpc) is 3.48. The fourth-order valence-electron chi connectivity index (χ4n) is 7.07. The van der Waals surface area contributed by atoms with Gasteiger partial charge in [-0.15, -0.1) is 24.8 Å². The van der Waals surface area contributed by atoms with Gasteiger partial charge >= 0.3 is 11.9 Å². The zero-order valence-electron chi connectivity index (χ0n) is 17.6. The second-order valence-electron chi connectivity index (χ2n) is 9.42. The SMILES string of the molecule is Cl.Cl.O=C(O)[C@@H]1[C@@H]2CC[C@@]1(c1ccncc1)C2.O=C(O)[C@H]1[C@H]2CC[C@]1(c1ccncc1)C2. The smallest absolute Gasteiger partial charge is 0.307 e. The number of rotatable bonds is 4. The lowest BCUT2D eigenvalue weighted by atomic mass is 9.57. The molecular weight excluding hydrogens is 451 g/mol. The van der Waals surface area contributed by atoms with Gasteiger partial charge in [0.1, 0.15) is 0 Å². The van der Waals surface area contributed by atoms with Gasteiger partial charge in [-0.25, -0.2) is 0 Å². The van der Waals surface area contributed by atoms with Crippen molar-refractivity contribution in [3.05, 3.63) is 60.2 Å². The summed E-state index contributed by atoms with van der Waals surface area (Å²) in [7, 11) is 0. The first-order valence-electron chi connectivity index (χ1n) is 10.7. The number of halogens is 2. The van der Waals surface area contributed by atoms with Gasteiger partial charge in [0.15, 0.2) is 0 Å². The third-order valence-corrected chi connectivity index (χ3v) is 8.35. The molecule has 0 radical (unpaired) electrons. The lowest BCUT2D eigenvalue weighted by molar-refractivity contribution is -0.151. The summed E-state index contributed by atoms with van der Waals surface area (Å²) in [6.45, 7) is 0. The highest BCUT2D eigenvalue weighted by Gasteiger charge is 2.63. The Bertz CT molecular complexity index is 889. The maximum Gasteiger partial charge on any atom is 0.307 e. The van der Waals surface area contributed by atoms with Crippen LogP contribution in [0.15, 0.2) is 49.1 Å². The normalized spacial score (nSPS) is 35.0. The monoisotopic (exact) mass is 478 g/mol. The lowest BCUT2D eigenvalue weighted by Gasteiger charge is -2.45. The van der Waals surface area contributed by atoms with Gasteiger partial charge in [0.2, 0.25) is 0 Å². The largest absolute Gasteiger partial charge is 0.481 e. The van der Waals surface area contributed by atoms with Crippen molar-refractivity contribution in [2.45, 2.75) is 49.4 Å². The first-order chi connectivity index (χ1) is 14.5. The van der Waals surface area contributed by atoms with Crippen LogP contribution in [0.4, 0.5) is 0 Å². The number of fused-ring (bicyclic) bond motifs is 2. The quantitative estimate of drug-likeness (QED) is 0.669. The van der Waals surface area contributed by atoms with Gasteiger partial charge in [-0.2, -0.15) is 0 Å². The Kier molecular flexibility index (Phi) is 6.87. The summed E-state index contributed by atoms with van der Waals surface area (Å²) >= 11 is 0. The topological polar surface area (TPSA) is 100 Å². The van der Waals surface area contributed by atoms with E-state index < -0.39 is 11.9 Å². The van der Waals surface area contributed by atoms with E-state index in [1.807, 2.05) is 24.3 Å². The predicted molar refractivity (Wildman–Crippen MR) is 123 cm³/mol. The second-order valence-corrected chi connectivity index (χ2v) is 9.42. The minimum atomic E-state index is -0.624. The second kappa shape index (κ2) is 8.99. The van der Waals surface area contributed by atoms with Crippen molar-refractivity contribution in [2.24, 2.45) is 23.7 Å². The van der Waals surface area contributed by atoms with Gasteiger partial charge < -0.3 is 10.2 Å². The molecule has 2 N–H and O–H groups in total. The van der Waals surface area contributed by atoms with E-state index in [0.717, 1.165) is 38.5 Å². The van der Waals surface area contributed by atoms with Gasteiger partial charge in [-0.1, -0.05) is 0 Å². The summed E-state index contributed by atoms with van der Waals surface area (Å²) in [5, 5.41) is 18.4. The fourth-order valence-corrected chi connectivity index (χ4v) is 7.07. The standard InChI is InChI=1S/2C12H13NO2.2ClH/c2*14-11(15)10-8-1-4-12(10,7-8)9-2-5-13-6-3-9;;/h2*2-3,5-6,8,10H,1,4,7H2,(H,14,15);2*1H/t2*8-,10+,12+;;/m10../s1. The molecule has 8 heteroatoms. The molecule has 6 aliphatic carbocycles. The molecule has 4 bridgehead atoms. The molecule has 0 aromatic carbocycles. The number of carboxylic acids is 2. The number of hydrogen-bond donors (Lipinski definition) is 2. The van der Waals surface area contributed by atoms with Crippen molar-refractivity contribution < 1.29 is 19.8 Å². The summed E-state index contributed by atoms with van der Waals surface area (Å²) < 4.78 is 0. The van der Waals surface area contributed by atoms with Crippen molar-refractivity contribution in [1.82, 2.24) is 9.97 Å². The van der Waals surface area contributed by atoms with Crippen LogP contribution in [0.1, 0.15) is 49.7 Å². The summed E-state index contributed by atoms with van der Waals surface area (Å²) in [5.74, 6) is -0.729. The molecule has 172 valence electrons. The highest BCUT2D eigenvalue weighted by molar-refractivity contribution is 5.85. The van der Waals surface area contributed by atoms with Crippen molar-refractivity contribution in [1.29, 1.82) is 0 Å². The summed E-state index contributed by atoms with van der Waals surface area (Å²) in [5.41, 5.74) is 2.19. The number of aliphatic carboxylic acids is 2. The van der Waals surface area contributed by atoms with E-state index in [2.05, 4.69) is 9.97 Å². The molecule has 6 saturated carbocycles. The van der Waals surface area contributed by atoms with Gasteiger partial charge in [-0.3, -0.25) is 19.6 Å². The number of hydrogen-bond acceptors (Lipinski definition) is 4. The number of carbonyl (C=O) groups is 2. The van der Waals surface area contributed by atoms with Gasteiger partial charge in [-0.05, 0) is 85.8 Å². The van der Waals surface area contributed by atoms with Crippen LogP contribution in [0, 0.1) is 23.7 Å². The molecule has 2 heterocycles. The third kappa shape index (κ3) is 3.48. The van der Waals surface area contributed by atoms with E-state index in [9.17, 15) is 19.8 Å². The van der Waals surface area contributed by atoms with Gasteiger partial charge in [0.25, 0.3) is 0 Å². The van der Waals surface area contributed by atoms with Crippen LogP contribution in [0.25, 0.3) is 0 Å². The Balaban J connectivity index is 0.000000170. The van der Waals surface area contributed by atoms with E-state index in [4.69, 9.17) is 0 Å². The van der Waals surface area contributed by atoms with E-state index >= 15 is 0 Å². The number of aromatic nitrogens is 2. The van der Waals surface area contributed by atoms with Gasteiger partial charge in [0, 0.05) is 35.6 Å². The summed E-state index contributed by atoms with van der Waals surface area (Å²) in [6, 6.07) is 7.88. The van der Waals surface area contributed by atoms with Crippen molar-refractivity contribution in [3.63, 3.8) is 0 Å². The molecule has 0 unspecified atom stereocenters. The molecule has 0 saturated heterocycles. The lowest BCUT2D eigenvalue weighted by Crippen LogP contribution is -2.48. The maximum absolute atomic E-state index is 11.2. The van der Waals surface area contributed by atoms with Crippen LogP contribution < -0.4 is 0 Å². The zero-order chi connectivity index (χ0) is 20.9. The maximum atomic E-state index is 11.2. The molecule has 2 aromatic heterocycles. The van der Waals surface area contributed by atoms with Crippen LogP contribution in [0.3, 0.4) is 0 Å². The minimum absolute atomic E-state index is 0. The van der Waals surface area contributed by atoms with Crippen LogP contribution in [0.5, 0.6) is 0 Å². The molecule has 2 aromatic rings. The minimum Gasteiger partial charge on any atom is -0.481 e. The van der Waals surface area contributed by atoms with E-state index in [0.29, 0.717) is 11.8 Å². The molecule has 6 aliphatic rings. The molecule has 0 aliphatic heterocycles. The molecule has 6 nitrogen and oxygen atoms in total.